The van der Waals surface area contributed by atoms with Gasteiger partial charge in [-0.1, -0.05) is 43.9 Å². The van der Waals surface area contributed by atoms with Crippen LogP contribution in [0.3, 0.4) is 0 Å². The lowest BCUT2D eigenvalue weighted by molar-refractivity contribution is 0.0952. The summed E-state index contributed by atoms with van der Waals surface area (Å²) >= 11 is 0. The molecule has 1 saturated carbocycles. The Morgan fingerprint density at radius 2 is 1.88 bits per heavy atom. The average Bonchev–Trinajstić information content (AvgIpc) is 3.00. The van der Waals surface area contributed by atoms with Crippen molar-refractivity contribution in [1.29, 1.82) is 0 Å². The van der Waals surface area contributed by atoms with Gasteiger partial charge in [-0.15, -0.1) is 12.4 Å². The molecule has 6 nitrogen and oxygen atoms in total. The number of halogens is 1. The number of carbonyl (C=O) groups excluding carboxylic acids is 1. The Balaban J connectivity index is 0.00000243. The van der Waals surface area contributed by atoms with Crippen LogP contribution in [0.5, 0.6) is 0 Å². The molecule has 0 aliphatic heterocycles. The monoisotopic (exact) mass is 377 g/mol. The van der Waals surface area contributed by atoms with Crippen LogP contribution in [-0.2, 0) is 6.54 Å². The third kappa shape index (κ3) is 6.11. The number of nitrogens with zero attached hydrogens (tertiary/aromatic N) is 3. The molecular weight excluding hydrogens is 350 g/mol. The minimum atomic E-state index is -0.0293. The van der Waals surface area contributed by atoms with Crippen molar-refractivity contribution < 1.29 is 4.79 Å². The first-order valence-electron chi connectivity index (χ1n) is 9.25. The Morgan fingerprint density at radius 3 is 2.62 bits per heavy atom. The van der Waals surface area contributed by atoms with Gasteiger partial charge < -0.3 is 10.6 Å². The van der Waals surface area contributed by atoms with E-state index in [9.17, 15) is 4.79 Å². The molecule has 0 unspecified atom stereocenters. The van der Waals surface area contributed by atoms with E-state index in [0.717, 1.165) is 12.1 Å². The lowest BCUT2D eigenvalue weighted by atomic mass is 10.1. The molecule has 3 rings (SSSR count). The molecule has 0 radical (unpaired) electrons. The molecule has 26 heavy (non-hydrogen) atoms. The number of rotatable bonds is 7. The van der Waals surface area contributed by atoms with Crippen LogP contribution >= 0.6 is 12.4 Å². The van der Waals surface area contributed by atoms with Crippen molar-refractivity contribution >= 4 is 18.3 Å². The molecule has 7 heteroatoms. The number of amides is 1. The first-order valence-corrected chi connectivity index (χ1v) is 9.25. The van der Waals surface area contributed by atoms with Gasteiger partial charge in [-0.05, 0) is 24.5 Å². The van der Waals surface area contributed by atoms with E-state index < -0.39 is 0 Å². The van der Waals surface area contributed by atoms with E-state index in [1.165, 1.54) is 44.9 Å². The number of aromatic nitrogens is 3. The summed E-state index contributed by atoms with van der Waals surface area (Å²) in [6.07, 6.45) is 11.0. The third-order valence-corrected chi connectivity index (χ3v) is 4.76. The summed E-state index contributed by atoms with van der Waals surface area (Å²) in [5, 5.41) is 10.7. The molecule has 142 valence electrons. The number of carbonyl (C=O) groups is 1. The van der Waals surface area contributed by atoms with Gasteiger partial charge in [-0.2, -0.15) is 5.10 Å². The van der Waals surface area contributed by atoms with Gasteiger partial charge in [-0.3, -0.25) is 4.79 Å². The fourth-order valence-electron chi connectivity index (χ4n) is 3.40. The predicted octanol–water partition coefficient (Wildman–Crippen LogP) is 2.79. The lowest BCUT2D eigenvalue weighted by Gasteiger charge is -2.16. The number of hydrogen-bond acceptors (Lipinski definition) is 4. The maximum atomic E-state index is 12.5. The number of nitrogens with one attached hydrogen (secondary N) is 2. The molecule has 0 saturated heterocycles. The summed E-state index contributed by atoms with van der Waals surface area (Å²) in [6.45, 7) is 2.01. The van der Waals surface area contributed by atoms with Gasteiger partial charge in [0, 0.05) is 24.7 Å². The lowest BCUT2D eigenvalue weighted by Crippen LogP contribution is -2.37. The second kappa shape index (κ2) is 10.9. The van der Waals surface area contributed by atoms with Gasteiger partial charge in [0.1, 0.15) is 12.7 Å². The maximum Gasteiger partial charge on any atom is 0.251 e. The zero-order valence-electron chi connectivity index (χ0n) is 15.1. The van der Waals surface area contributed by atoms with Gasteiger partial charge in [-0.25, -0.2) is 9.67 Å². The molecule has 0 spiro atoms. The highest BCUT2D eigenvalue weighted by molar-refractivity contribution is 5.95. The Hall–Kier alpha value is -1.92. The first kappa shape index (κ1) is 20.4. The Bertz CT molecular complexity index is 654. The molecule has 1 amide bonds. The largest absolute Gasteiger partial charge is 0.351 e. The van der Waals surface area contributed by atoms with E-state index in [1.54, 1.807) is 11.0 Å². The van der Waals surface area contributed by atoms with Crippen LogP contribution in [0.4, 0.5) is 0 Å². The normalized spacial score (nSPS) is 15.1. The van der Waals surface area contributed by atoms with E-state index in [2.05, 4.69) is 20.7 Å². The van der Waals surface area contributed by atoms with Crippen LogP contribution in [0.1, 0.15) is 54.4 Å². The van der Waals surface area contributed by atoms with Crippen molar-refractivity contribution in [2.24, 2.45) is 0 Å². The molecule has 1 aliphatic rings. The van der Waals surface area contributed by atoms with E-state index in [0.29, 0.717) is 24.7 Å². The van der Waals surface area contributed by atoms with Gasteiger partial charge in [0.05, 0.1) is 6.54 Å². The maximum absolute atomic E-state index is 12.5. The second-order valence-electron chi connectivity index (χ2n) is 6.65. The summed E-state index contributed by atoms with van der Waals surface area (Å²) in [6, 6.07) is 8.26. The quantitative estimate of drug-likeness (QED) is 0.575. The van der Waals surface area contributed by atoms with E-state index in [4.69, 9.17) is 0 Å². The minimum Gasteiger partial charge on any atom is -0.351 e. The molecule has 2 N–H and O–H groups in total. The van der Waals surface area contributed by atoms with Crippen molar-refractivity contribution in [3.8, 4) is 0 Å². The van der Waals surface area contributed by atoms with Gasteiger partial charge >= 0.3 is 0 Å². The highest BCUT2D eigenvalue weighted by atomic mass is 35.5. The second-order valence-corrected chi connectivity index (χ2v) is 6.65. The predicted molar refractivity (Wildman–Crippen MR) is 105 cm³/mol. The number of hydrogen-bond donors (Lipinski definition) is 2. The van der Waals surface area contributed by atoms with Crippen LogP contribution < -0.4 is 10.6 Å². The Morgan fingerprint density at radius 1 is 1.12 bits per heavy atom. The average molecular weight is 378 g/mol. The molecule has 2 aromatic rings. The van der Waals surface area contributed by atoms with Crippen molar-refractivity contribution in [1.82, 2.24) is 25.4 Å². The molecular formula is C19H28ClN5O. The molecule has 0 bridgehead atoms. The molecule has 0 atom stereocenters. The van der Waals surface area contributed by atoms with E-state index in [-0.39, 0.29) is 18.3 Å². The molecule has 1 aromatic heterocycles. The van der Waals surface area contributed by atoms with E-state index in [1.807, 2.05) is 24.3 Å². The summed E-state index contributed by atoms with van der Waals surface area (Å²) in [5.74, 6) is -0.0293. The Labute approximate surface area is 161 Å². The summed E-state index contributed by atoms with van der Waals surface area (Å²) < 4.78 is 1.72. The summed E-state index contributed by atoms with van der Waals surface area (Å²) in [7, 11) is 0. The van der Waals surface area contributed by atoms with Crippen LogP contribution in [-0.4, -0.2) is 39.8 Å². The molecule has 1 fully saturated rings. The topological polar surface area (TPSA) is 71.8 Å². The van der Waals surface area contributed by atoms with Crippen molar-refractivity contribution in [2.45, 2.75) is 51.1 Å². The smallest absolute Gasteiger partial charge is 0.251 e. The third-order valence-electron chi connectivity index (χ3n) is 4.76. The van der Waals surface area contributed by atoms with Crippen molar-refractivity contribution in [3.05, 3.63) is 48.0 Å². The van der Waals surface area contributed by atoms with Crippen LogP contribution in [0, 0.1) is 0 Å². The van der Waals surface area contributed by atoms with Crippen molar-refractivity contribution in [3.63, 3.8) is 0 Å². The molecule has 1 heterocycles. The first-order chi connectivity index (χ1) is 12.3. The van der Waals surface area contributed by atoms with Crippen molar-refractivity contribution in [2.75, 3.05) is 13.1 Å². The van der Waals surface area contributed by atoms with Gasteiger partial charge in [0.15, 0.2) is 0 Å². The SMILES string of the molecule is Cl.O=C(NCCNC1CCCCCC1)c1ccccc1Cn1cncn1. The van der Waals surface area contributed by atoms with Gasteiger partial charge in [0.25, 0.3) is 5.91 Å². The zero-order chi connectivity index (χ0) is 17.3. The van der Waals surface area contributed by atoms with Crippen LogP contribution in [0.25, 0.3) is 0 Å². The number of benzene rings is 1. The minimum absolute atomic E-state index is 0. The standard InChI is InChI=1S/C19H27N5O.ClH/c25-19(22-12-11-21-17-8-3-1-2-4-9-17)18-10-6-5-7-16(18)13-24-15-20-14-23-24;/h5-7,10,14-15,17,21H,1-4,8-9,11-13H2,(H,22,25);1H. The highest BCUT2D eigenvalue weighted by Crippen LogP contribution is 2.16. The van der Waals surface area contributed by atoms with Crippen LogP contribution in [0.2, 0.25) is 0 Å². The zero-order valence-corrected chi connectivity index (χ0v) is 15.9. The molecule has 1 aromatic carbocycles. The summed E-state index contributed by atoms with van der Waals surface area (Å²) in [5.41, 5.74) is 1.65. The Kier molecular flexibility index (Phi) is 8.58. The fraction of sp³-hybridized carbons (Fsp3) is 0.526. The fourth-order valence-corrected chi connectivity index (χ4v) is 3.40. The van der Waals surface area contributed by atoms with Crippen LogP contribution in [0.15, 0.2) is 36.9 Å². The molecule has 1 aliphatic carbocycles. The van der Waals surface area contributed by atoms with E-state index >= 15 is 0 Å². The highest BCUT2D eigenvalue weighted by Gasteiger charge is 2.13. The summed E-state index contributed by atoms with van der Waals surface area (Å²) in [4.78, 5) is 16.5. The van der Waals surface area contributed by atoms with Gasteiger partial charge in [0.2, 0.25) is 0 Å².